The van der Waals surface area contributed by atoms with E-state index >= 15 is 0 Å². The Morgan fingerprint density at radius 1 is 0.773 bits per heavy atom. The molecular weight excluding hydrogens is 268 g/mol. The summed E-state index contributed by atoms with van der Waals surface area (Å²) in [4.78, 5) is 0. The molecule has 0 aliphatic heterocycles. The first-order valence-corrected chi connectivity index (χ1v) is 9.77. The fraction of sp³-hybridized carbons (Fsp3) is 0.810. The molecule has 0 bridgehead atoms. The first-order valence-electron chi connectivity index (χ1n) is 9.77. The first kappa shape index (κ1) is 21.3. The van der Waals surface area contributed by atoms with Gasteiger partial charge < -0.3 is 4.74 Å². The molecule has 0 rings (SSSR count). The van der Waals surface area contributed by atoms with Crippen molar-refractivity contribution in [2.75, 3.05) is 6.61 Å². The van der Waals surface area contributed by atoms with Gasteiger partial charge in [-0.1, -0.05) is 90.7 Å². The van der Waals surface area contributed by atoms with E-state index in [1.807, 2.05) is 6.08 Å². The van der Waals surface area contributed by atoms with Crippen molar-refractivity contribution < 1.29 is 4.74 Å². The summed E-state index contributed by atoms with van der Waals surface area (Å²) in [6, 6.07) is 0. The molecule has 0 amide bonds. The Hall–Kier alpha value is -0.720. The number of allylic oxidation sites excluding steroid dienone is 2. The van der Waals surface area contributed by atoms with Crippen molar-refractivity contribution in [3.05, 3.63) is 24.5 Å². The summed E-state index contributed by atoms with van der Waals surface area (Å²) in [7, 11) is 0. The molecule has 0 aliphatic rings. The molecule has 1 heteroatoms. The van der Waals surface area contributed by atoms with Gasteiger partial charge in [-0.05, 0) is 25.3 Å². The maximum absolute atomic E-state index is 5.81. The average Bonchev–Trinajstić information content (AvgIpc) is 2.54. The van der Waals surface area contributed by atoms with Crippen LogP contribution in [0.15, 0.2) is 24.5 Å². The average molecular weight is 309 g/mol. The summed E-state index contributed by atoms with van der Waals surface area (Å²) in [5.74, 6) is 1.20. The van der Waals surface area contributed by atoms with Gasteiger partial charge >= 0.3 is 0 Å². The molecule has 22 heavy (non-hydrogen) atoms. The highest BCUT2D eigenvalue weighted by Crippen LogP contribution is 2.15. The van der Waals surface area contributed by atoms with Crippen LogP contribution in [0.4, 0.5) is 0 Å². The van der Waals surface area contributed by atoms with Crippen LogP contribution >= 0.6 is 0 Å². The molecule has 0 saturated carbocycles. The summed E-state index contributed by atoms with van der Waals surface area (Å²) in [6.45, 7) is 8.94. The van der Waals surface area contributed by atoms with Gasteiger partial charge in [0.2, 0.25) is 0 Å². The van der Waals surface area contributed by atoms with Gasteiger partial charge in [0.1, 0.15) is 6.61 Å². The van der Waals surface area contributed by atoms with Gasteiger partial charge in [-0.2, -0.15) is 0 Å². The van der Waals surface area contributed by atoms with E-state index in [2.05, 4.69) is 26.5 Å². The Labute approximate surface area is 140 Å². The van der Waals surface area contributed by atoms with Gasteiger partial charge in [0, 0.05) is 6.42 Å². The second kappa shape index (κ2) is 18.3. The summed E-state index contributed by atoms with van der Waals surface area (Å²) in [6.07, 6.45) is 22.7. The molecule has 0 unspecified atom stereocenters. The monoisotopic (exact) mass is 308 g/mol. The second-order valence-corrected chi connectivity index (χ2v) is 6.34. The van der Waals surface area contributed by atoms with Crippen molar-refractivity contribution >= 4 is 0 Å². The van der Waals surface area contributed by atoms with E-state index in [0.29, 0.717) is 6.61 Å². The Morgan fingerprint density at radius 2 is 1.32 bits per heavy atom. The molecule has 0 spiro atoms. The van der Waals surface area contributed by atoms with Crippen LogP contribution in [0.2, 0.25) is 0 Å². The lowest BCUT2D eigenvalue weighted by Gasteiger charge is -2.09. The summed E-state index contributed by atoms with van der Waals surface area (Å²) in [5.41, 5.74) is 0. The molecule has 0 aromatic rings. The first-order chi connectivity index (χ1) is 10.8. The Balaban J connectivity index is 3.74. The van der Waals surface area contributed by atoms with Gasteiger partial charge in [0.15, 0.2) is 0 Å². The molecule has 0 radical (unpaired) electrons. The molecule has 0 fully saturated rings. The second-order valence-electron chi connectivity index (χ2n) is 6.34. The van der Waals surface area contributed by atoms with E-state index in [1.54, 1.807) is 0 Å². The van der Waals surface area contributed by atoms with Gasteiger partial charge in [-0.15, -0.1) is 0 Å². The standard InChI is InChI=1S/C21H40O/c1-4-7-9-11-13-15-17-19-21(22-20-6-3)18-16-14-12-10-8-5-2/h6,19H,3-5,7-18,20H2,1-2H3/b21-19-. The van der Waals surface area contributed by atoms with Crippen LogP contribution < -0.4 is 0 Å². The van der Waals surface area contributed by atoms with Crippen molar-refractivity contribution in [1.29, 1.82) is 0 Å². The van der Waals surface area contributed by atoms with Gasteiger partial charge in [-0.25, -0.2) is 0 Å². The van der Waals surface area contributed by atoms with E-state index in [9.17, 15) is 0 Å². The molecule has 130 valence electrons. The van der Waals surface area contributed by atoms with Crippen LogP contribution in [0.25, 0.3) is 0 Å². The minimum absolute atomic E-state index is 0.651. The smallest absolute Gasteiger partial charge is 0.106 e. The number of unbranched alkanes of at least 4 members (excludes halogenated alkanes) is 11. The maximum Gasteiger partial charge on any atom is 0.106 e. The summed E-state index contributed by atoms with van der Waals surface area (Å²) < 4.78 is 5.81. The SMILES string of the molecule is C=CCO/C(=C\CCCCCCCC)CCCCCCCC. The highest BCUT2D eigenvalue weighted by atomic mass is 16.5. The van der Waals surface area contributed by atoms with E-state index in [1.165, 1.54) is 89.2 Å². The minimum atomic E-state index is 0.651. The van der Waals surface area contributed by atoms with Crippen molar-refractivity contribution in [2.24, 2.45) is 0 Å². The molecule has 0 saturated heterocycles. The van der Waals surface area contributed by atoms with E-state index in [4.69, 9.17) is 4.74 Å². The third-order valence-corrected chi connectivity index (χ3v) is 4.09. The predicted octanol–water partition coefficient (Wildman–Crippen LogP) is 7.57. The van der Waals surface area contributed by atoms with Crippen molar-refractivity contribution in [2.45, 2.75) is 104 Å². The number of hydrogen-bond donors (Lipinski definition) is 0. The fourth-order valence-corrected chi connectivity index (χ4v) is 2.67. The lowest BCUT2D eigenvalue weighted by Crippen LogP contribution is -1.94. The Kier molecular flexibility index (Phi) is 17.7. The van der Waals surface area contributed by atoms with Crippen LogP contribution in [0.5, 0.6) is 0 Å². The van der Waals surface area contributed by atoms with Crippen LogP contribution in [-0.2, 0) is 4.74 Å². The zero-order valence-electron chi connectivity index (χ0n) is 15.4. The topological polar surface area (TPSA) is 9.23 Å². The molecule has 0 heterocycles. The normalized spacial score (nSPS) is 11.6. The highest BCUT2D eigenvalue weighted by molar-refractivity contribution is 4.94. The van der Waals surface area contributed by atoms with E-state index in [-0.39, 0.29) is 0 Å². The summed E-state index contributed by atoms with van der Waals surface area (Å²) >= 11 is 0. The molecule has 0 atom stereocenters. The van der Waals surface area contributed by atoms with Crippen molar-refractivity contribution in [1.82, 2.24) is 0 Å². The lowest BCUT2D eigenvalue weighted by atomic mass is 10.1. The molecular formula is C21H40O. The molecule has 0 aromatic carbocycles. The zero-order chi connectivity index (χ0) is 16.3. The number of rotatable bonds is 17. The van der Waals surface area contributed by atoms with Crippen LogP contribution in [-0.4, -0.2) is 6.61 Å². The molecule has 0 N–H and O–H groups in total. The van der Waals surface area contributed by atoms with Crippen LogP contribution in [0, 0.1) is 0 Å². The maximum atomic E-state index is 5.81. The third kappa shape index (κ3) is 15.7. The molecule has 0 aliphatic carbocycles. The number of hydrogen-bond acceptors (Lipinski definition) is 1. The summed E-state index contributed by atoms with van der Waals surface area (Å²) in [5, 5.41) is 0. The van der Waals surface area contributed by atoms with E-state index < -0.39 is 0 Å². The quantitative estimate of drug-likeness (QED) is 0.153. The Bertz CT molecular complexity index is 255. The van der Waals surface area contributed by atoms with Crippen molar-refractivity contribution in [3.63, 3.8) is 0 Å². The minimum Gasteiger partial charge on any atom is -0.494 e. The van der Waals surface area contributed by atoms with Crippen molar-refractivity contribution in [3.8, 4) is 0 Å². The number of ether oxygens (including phenoxy) is 1. The fourth-order valence-electron chi connectivity index (χ4n) is 2.67. The molecule has 0 aromatic heterocycles. The third-order valence-electron chi connectivity index (χ3n) is 4.09. The van der Waals surface area contributed by atoms with Crippen LogP contribution in [0.1, 0.15) is 104 Å². The zero-order valence-corrected chi connectivity index (χ0v) is 15.4. The molecule has 1 nitrogen and oxygen atoms in total. The van der Waals surface area contributed by atoms with Crippen LogP contribution in [0.3, 0.4) is 0 Å². The van der Waals surface area contributed by atoms with Gasteiger partial charge in [-0.3, -0.25) is 0 Å². The predicted molar refractivity (Wildman–Crippen MR) is 100 cm³/mol. The van der Waals surface area contributed by atoms with Gasteiger partial charge in [0.25, 0.3) is 0 Å². The van der Waals surface area contributed by atoms with Gasteiger partial charge in [0.05, 0.1) is 5.76 Å². The largest absolute Gasteiger partial charge is 0.494 e. The lowest BCUT2D eigenvalue weighted by molar-refractivity contribution is 0.232. The Morgan fingerprint density at radius 3 is 1.91 bits per heavy atom. The van der Waals surface area contributed by atoms with E-state index in [0.717, 1.165) is 6.42 Å². The highest BCUT2D eigenvalue weighted by Gasteiger charge is 1.99.